The molecule has 0 amide bonds. The Labute approximate surface area is 157 Å². The fourth-order valence-electron chi connectivity index (χ4n) is 2.07. The van der Waals surface area contributed by atoms with Crippen molar-refractivity contribution in [2.75, 3.05) is 7.11 Å². The third-order valence-electron chi connectivity index (χ3n) is 3.31. The van der Waals surface area contributed by atoms with Gasteiger partial charge < -0.3 is 9.84 Å². The second-order valence-corrected chi connectivity index (χ2v) is 6.83. The van der Waals surface area contributed by atoms with Gasteiger partial charge in [-0.1, -0.05) is 42.1 Å². The third kappa shape index (κ3) is 4.40. The van der Waals surface area contributed by atoms with Gasteiger partial charge >= 0.3 is 0 Å². The number of ether oxygens (including phenoxy) is 1. The average Bonchev–Trinajstić information content (AvgIpc) is 3.09. The number of nitrogens with zero attached hydrogens (tertiary/aromatic N) is 4. The molecule has 1 N–H and O–H groups in total. The molecule has 0 aliphatic heterocycles. The van der Waals surface area contributed by atoms with Crippen molar-refractivity contribution in [1.82, 2.24) is 14.9 Å². The van der Waals surface area contributed by atoms with Crippen LogP contribution in [0.15, 0.2) is 63.5 Å². The third-order valence-corrected chi connectivity index (χ3v) is 4.92. The van der Waals surface area contributed by atoms with Crippen LogP contribution in [0.3, 0.4) is 0 Å². The summed E-state index contributed by atoms with van der Waals surface area (Å²) in [4.78, 5) is 0. The maximum Gasteiger partial charge on any atom is 0.212 e. The van der Waals surface area contributed by atoms with Crippen molar-refractivity contribution in [1.29, 1.82) is 0 Å². The van der Waals surface area contributed by atoms with E-state index in [0.717, 1.165) is 11.3 Å². The fraction of sp³-hybridized carbons (Fsp3) is 0.118. The summed E-state index contributed by atoms with van der Waals surface area (Å²) in [5, 5.41) is 22.9. The zero-order valence-electron chi connectivity index (χ0n) is 13.3. The molecule has 25 heavy (non-hydrogen) atoms. The fourth-order valence-corrected chi connectivity index (χ4v) is 3.35. The minimum atomic E-state index is 0.0584. The molecule has 0 aliphatic carbocycles. The predicted molar refractivity (Wildman–Crippen MR) is 101 cm³/mol. The number of benzene rings is 2. The molecule has 3 aromatic rings. The van der Waals surface area contributed by atoms with E-state index in [0.29, 0.717) is 15.4 Å². The van der Waals surface area contributed by atoms with Crippen LogP contribution in [-0.4, -0.2) is 33.3 Å². The van der Waals surface area contributed by atoms with Crippen molar-refractivity contribution in [3.8, 4) is 11.5 Å². The molecule has 6 nitrogen and oxygen atoms in total. The molecule has 0 bridgehead atoms. The van der Waals surface area contributed by atoms with Crippen LogP contribution in [-0.2, 0) is 5.75 Å². The lowest BCUT2D eigenvalue weighted by atomic mass is 10.2. The van der Waals surface area contributed by atoms with E-state index in [1.165, 1.54) is 12.7 Å². The maximum atomic E-state index is 9.85. The highest BCUT2D eigenvalue weighted by molar-refractivity contribution is 9.10. The number of phenolic OH excluding ortho intramolecular Hbond substituents is 1. The highest BCUT2D eigenvalue weighted by Crippen LogP contribution is 2.34. The number of methoxy groups -OCH3 is 1. The van der Waals surface area contributed by atoms with Gasteiger partial charge in [0.1, 0.15) is 6.33 Å². The van der Waals surface area contributed by atoms with E-state index in [1.54, 1.807) is 41.1 Å². The van der Waals surface area contributed by atoms with Gasteiger partial charge in [0.15, 0.2) is 11.5 Å². The number of aromatic nitrogens is 3. The number of aromatic hydroxyl groups is 1. The Hall–Kier alpha value is -2.32. The molecule has 0 radical (unpaired) electrons. The number of phenols is 1. The molecular weight excluding hydrogens is 404 g/mol. The van der Waals surface area contributed by atoms with Crippen LogP contribution in [0.2, 0.25) is 0 Å². The van der Waals surface area contributed by atoms with Crippen molar-refractivity contribution < 1.29 is 9.84 Å². The average molecular weight is 419 g/mol. The minimum Gasteiger partial charge on any atom is -0.503 e. The molecule has 128 valence electrons. The number of hydrogen-bond donors (Lipinski definition) is 1. The quantitative estimate of drug-likeness (QED) is 0.484. The molecule has 0 unspecified atom stereocenters. The van der Waals surface area contributed by atoms with Crippen LogP contribution in [0.5, 0.6) is 11.5 Å². The lowest BCUT2D eigenvalue weighted by Crippen LogP contribution is -1.94. The highest BCUT2D eigenvalue weighted by atomic mass is 79.9. The lowest BCUT2D eigenvalue weighted by molar-refractivity contribution is 0.372. The predicted octanol–water partition coefficient (Wildman–Crippen LogP) is 3.93. The minimum absolute atomic E-state index is 0.0584. The molecule has 0 saturated carbocycles. The Morgan fingerprint density at radius 2 is 2.12 bits per heavy atom. The van der Waals surface area contributed by atoms with E-state index >= 15 is 0 Å². The highest BCUT2D eigenvalue weighted by Gasteiger charge is 2.08. The Bertz CT molecular complexity index is 884. The normalized spacial score (nSPS) is 11.1. The molecular formula is C17H15BrN4O2S. The zero-order chi connectivity index (χ0) is 17.6. The van der Waals surface area contributed by atoms with Crippen LogP contribution in [0.1, 0.15) is 11.1 Å². The standard InChI is InChI=1S/C17H15BrN4O2S/c1-24-15-8-13(7-14(18)16(15)23)9-20-22-11-19-21-17(22)25-10-12-5-3-2-4-6-12/h2-9,11,23H,10H2,1H3/b20-9-. The molecule has 8 heteroatoms. The molecule has 0 aliphatic rings. The molecule has 0 atom stereocenters. The molecule has 1 heterocycles. The summed E-state index contributed by atoms with van der Waals surface area (Å²) in [7, 11) is 1.50. The number of halogens is 1. The number of thioether (sulfide) groups is 1. The van der Waals surface area contributed by atoms with E-state index in [2.05, 4.69) is 43.4 Å². The number of hydrogen-bond acceptors (Lipinski definition) is 6. The van der Waals surface area contributed by atoms with Crippen LogP contribution in [0, 0.1) is 0 Å². The Balaban J connectivity index is 1.75. The van der Waals surface area contributed by atoms with Gasteiger partial charge in [-0.05, 0) is 39.2 Å². The molecule has 1 aromatic heterocycles. The summed E-state index contributed by atoms with van der Waals surface area (Å²) < 4.78 is 7.29. The first-order chi connectivity index (χ1) is 12.2. The van der Waals surface area contributed by atoms with Gasteiger partial charge in [-0.2, -0.15) is 9.78 Å². The lowest BCUT2D eigenvalue weighted by Gasteiger charge is -2.06. The van der Waals surface area contributed by atoms with Crippen LogP contribution < -0.4 is 4.74 Å². The van der Waals surface area contributed by atoms with E-state index in [9.17, 15) is 5.11 Å². The molecule has 0 fully saturated rings. The van der Waals surface area contributed by atoms with Crippen LogP contribution in [0.4, 0.5) is 0 Å². The van der Waals surface area contributed by atoms with Gasteiger partial charge in [-0.25, -0.2) is 0 Å². The number of rotatable bonds is 6. The SMILES string of the molecule is COc1cc(/C=N\n2cnnc2SCc2ccccc2)cc(Br)c1O. The first kappa shape index (κ1) is 17.5. The van der Waals surface area contributed by atoms with E-state index < -0.39 is 0 Å². The van der Waals surface area contributed by atoms with Gasteiger partial charge in [0, 0.05) is 5.75 Å². The topological polar surface area (TPSA) is 72.5 Å². The van der Waals surface area contributed by atoms with Gasteiger partial charge in [-0.3, -0.25) is 0 Å². The molecule has 0 spiro atoms. The van der Waals surface area contributed by atoms with Gasteiger partial charge in [-0.15, -0.1) is 10.2 Å². The van der Waals surface area contributed by atoms with Crippen molar-refractivity contribution in [2.24, 2.45) is 5.10 Å². The second-order valence-electron chi connectivity index (χ2n) is 5.03. The summed E-state index contributed by atoms with van der Waals surface area (Å²) in [5.41, 5.74) is 1.98. The van der Waals surface area contributed by atoms with Crippen molar-refractivity contribution >= 4 is 33.9 Å². The van der Waals surface area contributed by atoms with Crippen molar-refractivity contribution in [3.05, 3.63) is 64.4 Å². The summed E-state index contributed by atoms with van der Waals surface area (Å²) in [6.07, 6.45) is 3.21. The van der Waals surface area contributed by atoms with E-state index in [4.69, 9.17) is 4.74 Å². The smallest absolute Gasteiger partial charge is 0.212 e. The van der Waals surface area contributed by atoms with Crippen molar-refractivity contribution in [3.63, 3.8) is 0 Å². The maximum absolute atomic E-state index is 9.85. The summed E-state index contributed by atoms with van der Waals surface area (Å²) in [5.74, 6) is 1.22. The summed E-state index contributed by atoms with van der Waals surface area (Å²) >= 11 is 4.85. The Morgan fingerprint density at radius 1 is 1.32 bits per heavy atom. The largest absolute Gasteiger partial charge is 0.503 e. The first-order valence-electron chi connectivity index (χ1n) is 7.35. The Kier molecular flexibility index (Phi) is 5.72. The van der Waals surface area contributed by atoms with Crippen LogP contribution >= 0.6 is 27.7 Å². The van der Waals surface area contributed by atoms with Gasteiger partial charge in [0.25, 0.3) is 0 Å². The Morgan fingerprint density at radius 3 is 2.88 bits per heavy atom. The van der Waals surface area contributed by atoms with E-state index in [-0.39, 0.29) is 5.75 Å². The molecule has 2 aromatic carbocycles. The van der Waals surface area contributed by atoms with Crippen molar-refractivity contribution in [2.45, 2.75) is 10.9 Å². The second kappa shape index (κ2) is 8.17. The van der Waals surface area contributed by atoms with Gasteiger partial charge in [0.2, 0.25) is 5.16 Å². The first-order valence-corrected chi connectivity index (χ1v) is 9.13. The monoisotopic (exact) mass is 418 g/mol. The molecule has 0 saturated heterocycles. The van der Waals surface area contributed by atoms with Gasteiger partial charge in [0.05, 0.1) is 17.8 Å². The van der Waals surface area contributed by atoms with Crippen LogP contribution in [0.25, 0.3) is 0 Å². The molecule has 3 rings (SSSR count). The van der Waals surface area contributed by atoms with E-state index in [1.807, 2.05) is 18.2 Å². The summed E-state index contributed by atoms with van der Waals surface area (Å²) in [6.45, 7) is 0. The summed E-state index contributed by atoms with van der Waals surface area (Å²) in [6, 6.07) is 13.6. The zero-order valence-corrected chi connectivity index (χ0v) is 15.7.